The zero-order valence-electron chi connectivity index (χ0n) is 18.9. The zero-order chi connectivity index (χ0) is 22.5. The number of alkyl halides is 3. The van der Waals surface area contributed by atoms with Crippen molar-refractivity contribution in [2.45, 2.75) is 71.8 Å². The zero-order valence-corrected chi connectivity index (χ0v) is 18.9. The van der Waals surface area contributed by atoms with Crippen molar-refractivity contribution >= 4 is 5.69 Å². The third kappa shape index (κ3) is 7.13. The Morgan fingerprint density at radius 1 is 1.23 bits per heavy atom. The van der Waals surface area contributed by atoms with Crippen molar-refractivity contribution in [3.63, 3.8) is 0 Å². The Morgan fingerprint density at radius 2 is 1.93 bits per heavy atom. The van der Waals surface area contributed by atoms with E-state index in [4.69, 9.17) is 0 Å². The molecule has 0 aliphatic carbocycles. The summed E-state index contributed by atoms with van der Waals surface area (Å²) in [4.78, 5) is 2.41. The van der Waals surface area contributed by atoms with Gasteiger partial charge in [-0.25, -0.2) is 0 Å². The number of aliphatic hydroxyl groups is 1. The van der Waals surface area contributed by atoms with Crippen molar-refractivity contribution in [3.8, 4) is 0 Å². The van der Waals surface area contributed by atoms with Crippen molar-refractivity contribution in [3.05, 3.63) is 29.3 Å². The lowest BCUT2D eigenvalue weighted by Gasteiger charge is -2.34. The van der Waals surface area contributed by atoms with Crippen molar-refractivity contribution in [2.24, 2.45) is 11.8 Å². The lowest BCUT2D eigenvalue weighted by atomic mass is 9.79. The molecule has 0 amide bonds. The first-order valence-electron chi connectivity index (χ1n) is 11.1. The monoisotopic (exact) mass is 429 g/mol. The standard InChI is InChI=1S/C23H38F3N3O/c1-15(2)29(11-10-27-18(5)30)14-16(3)6-7-19-13-28-22-9-8-20(23(24,25)26)12-21(22)17(19)4/h8-9,12,15-19,27-28,30H,6-7,10-11,13-14H2,1-5H3. The van der Waals surface area contributed by atoms with E-state index >= 15 is 0 Å². The molecule has 1 aliphatic heterocycles. The molecular formula is C23H38F3N3O. The molecule has 30 heavy (non-hydrogen) atoms. The number of halogens is 3. The van der Waals surface area contributed by atoms with Crippen LogP contribution in [0.5, 0.6) is 0 Å². The molecule has 3 N–H and O–H groups in total. The Bertz CT molecular complexity index is 664. The number of fused-ring (bicyclic) bond motifs is 1. The largest absolute Gasteiger partial charge is 0.416 e. The lowest BCUT2D eigenvalue weighted by Crippen LogP contribution is -2.41. The highest BCUT2D eigenvalue weighted by Crippen LogP contribution is 2.40. The van der Waals surface area contributed by atoms with Crippen molar-refractivity contribution in [2.75, 3.05) is 31.5 Å². The molecule has 7 heteroatoms. The number of hydrogen-bond acceptors (Lipinski definition) is 4. The normalized spacial score (nSPS) is 21.4. The Labute approximate surface area is 179 Å². The second kappa shape index (κ2) is 10.8. The minimum atomic E-state index is -4.31. The summed E-state index contributed by atoms with van der Waals surface area (Å²) in [5.41, 5.74) is 1.04. The second-order valence-electron chi connectivity index (χ2n) is 9.13. The molecule has 1 aromatic rings. The van der Waals surface area contributed by atoms with E-state index in [1.54, 1.807) is 13.0 Å². The fourth-order valence-corrected chi connectivity index (χ4v) is 4.27. The van der Waals surface area contributed by atoms with E-state index in [9.17, 15) is 18.3 Å². The van der Waals surface area contributed by atoms with E-state index in [1.807, 2.05) is 0 Å². The number of nitrogens with zero attached hydrogens (tertiary/aromatic N) is 1. The van der Waals surface area contributed by atoms with Crippen LogP contribution >= 0.6 is 0 Å². The maximum Gasteiger partial charge on any atom is 0.416 e. The van der Waals surface area contributed by atoms with E-state index in [2.05, 4.69) is 43.2 Å². The van der Waals surface area contributed by atoms with E-state index < -0.39 is 18.0 Å². The second-order valence-corrected chi connectivity index (χ2v) is 9.13. The molecule has 1 aliphatic rings. The summed E-state index contributed by atoms with van der Waals surface area (Å²) in [6.45, 7) is 13.8. The summed E-state index contributed by atoms with van der Waals surface area (Å²) >= 11 is 0. The third-order valence-electron chi connectivity index (χ3n) is 6.28. The van der Waals surface area contributed by atoms with Crippen LogP contribution in [-0.2, 0) is 6.18 Å². The summed E-state index contributed by atoms with van der Waals surface area (Å²) in [6.07, 6.45) is -2.78. The number of aliphatic hydroxyl groups excluding tert-OH is 1. The number of hydrogen-bond donors (Lipinski definition) is 3. The fourth-order valence-electron chi connectivity index (χ4n) is 4.27. The number of nitrogens with one attached hydrogen (secondary N) is 2. The molecule has 1 heterocycles. The molecule has 1 aromatic carbocycles. The average Bonchev–Trinajstić information content (AvgIpc) is 2.65. The molecule has 172 valence electrons. The van der Waals surface area contributed by atoms with Crippen LogP contribution in [-0.4, -0.2) is 48.5 Å². The minimum absolute atomic E-state index is 0.104. The predicted molar refractivity (Wildman–Crippen MR) is 117 cm³/mol. The molecule has 0 aromatic heterocycles. The number of anilines is 1. The molecule has 0 saturated heterocycles. The molecule has 0 spiro atoms. The Hall–Kier alpha value is -1.31. The van der Waals surface area contributed by atoms with Crippen LogP contribution in [0.3, 0.4) is 0 Å². The van der Waals surface area contributed by atoms with Gasteiger partial charge in [0.25, 0.3) is 0 Å². The van der Waals surface area contributed by atoms with E-state index in [0.29, 0.717) is 17.9 Å². The maximum atomic E-state index is 13.1. The molecule has 4 atom stereocenters. The van der Waals surface area contributed by atoms with Gasteiger partial charge in [0.1, 0.15) is 6.23 Å². The van der Waals surface area contributed by atoms with Crippen molar-refractivity contribution < 1.29 is 18.3 Å². The molecular weight excluding hydrogens is 391 g/mol. The van der Waals surface area contributed by atoms with Crippen LogP contribution in [0.4, 0.5) is 18.9 Å². The third-order valence-corrected chi connectivity index (χ3v) is 6.28. The highest BCUT2D eigenvalue weighted by Gasteiger charge is 2.33. The molecule has 4 unspecified atom stereocenters. The van der Waals surface area contributed by atoms with Gasteiger partial charge < -0.3 is 10.4 Å². The maximum absolute atomic E-state index is 13.1. The smallest absolute Gasteiger partial charge is 0.385 e. The Balaban J connectivity index is 1.91. The minimum Gasteiger partial charge on any atom is -0.385 e. The quantitative estimate of drug-likeness (QED) is 0.463. The van der Waals surface area contributed by atoms with Crippen LogP contribution in [0.15, 0.2) is 18.2 Å². The Kier molecular flexibility index (Phi) is 9.00. The molecule has 0 bridgehead atoms. The van der Waals surface area contributed by atoms with E-state index in [1.165, 1.54) is 6.07 Å². The highest BCUT2D eigenvalue weighted by atomic mass is 19.4. The lowest BCUT2D eigenvalue weighted by molar-refractivity contribution is -0.137. The molecule has 0 fully saturated rings. The van der Waals surface area contributed by atoms with Crippen LogP contribution in [0.2, 0.25) is 0 Å². The van der Waals surface area contributed by atoms with Gasteiger partial charge in [0, 0.05) is 37.9 Å². The topological polar surface area (TPSA) is 47.5 Å². The van der Waals surface area contributed by atoms with Crippen molar-refractivity contribution in [1.29, 1.82) is 0 Å². The van der Waals surface area contributed by atoms with Crippen LogP contribution in [0.1, 0.15) is 64.5 Å². The van der Waals surface area contributed by atoms with E-state index in [0.717, 1.165) is 56.3 Å². The van der Waals surface area contributed by atoms with Gasteiger partial charge in [-0.15, -0.1) is 0 Å². The summed E-state index contributed by atoms with van der Waals surface area (Å²) in [7, 11) is 0. The SMILES string of the molecule is CC(CCC1CNc2ccc(C(F)(F)F)cc2C1C)CN(CCNC(C)O)C(C)C. The highest BCUT2D eigenvalue weighted by molar-refractivity contribution is 5.56. The van der Waals surface area contributed by atoms with Gasteiger partial charge >= 0.3 is 6.18 Å². The molecule has 2 rings (SSSR count). The Morgan fingerprint density at radius 3 is 2.53 bits per heavy atom. The summed E-state index contributed by atoms with van der Waals surface area (Å²) in [5.74, 6) is 0.925. The summed E-state index contributed by atoms with van der Waals surface area (Å²) < 4.78 is 39.3. The fraction of sp³-hybridized carbons (Fsp3) is 0.739. The van der Waals surface area contributed by atoms with Gasteiger partial charge in [-0.2, -0.15) is 13.2 Å². The van der Waals surface area contributed by atoms with Gasteiger partial charge in [-0.1, -0.05) is 13.8 Å². The van der Waals surface area contributed by atoms with Gasteiger partial charge in [0.2, 0.25) is 0 Å². The van der Waals surface area contributed by atoms with Gasteiger partial charge in [-0.3, -0.25) is 10.2 Å². The molecule has 0 radical (unpaired) electrons. The average molecular weight is 430 g/mol. The van der Waals surface area contributed by atoms with Gasteiger partial charge in [-0.05, 0) is 75.1 Å². The van der Waals surface area contributed by atoms with Crippen LogP contribution in [0.25, 0.3) is 0 Å². The summed E-state index contributed by atoms with van der Waals surface area (Å²) in [6, 6.07) is 4.47. The van der Waals surface area contributed by atoms with Gasteiger partial charge in [0.15, 0.2) is 0 Å². The van der Waals surface area contributed by atoms with Crippen LogP contribution < -0.4 is 10.6 Å². The van der Waals surface area contributed by atoms with Crippen LogP contribution in [0, 0.1) is 11.8 Å². The number of benzene rings is 1. The summed E-state index contributed by atoms with van der Waals surface area (Å²) in [5, 5.41) is 15.7. The number of rotatable bonds is 10. The van der Waals surface area contributed by atoms with Crippen molar-refractivity contribution in [1.82, 2.24) is 10.2 Å². The molecule has 0 saturated carbocycles. The first kappa shape index (κ1) is 25.0. The first-order valence-corrected chi connectivity index (χ1v) is 11.1. The predicted octanol–water partition coefficient (Wildman–Crippen LogP) is 4.91. The molecule has 4 nitrogen and oxygen atoms in total. The van der Waals surface area contributed by atoms with Gasteiger partial charge in [0.05, 0.1) is 5.56 Å². The first-order chi connectivity index (χ1) is 14.0. The van der Waals surface area contributed by atoms with E-state index in [-0.39, 0.29) is 5.92 Å².